The van der Waals surface area contributed by atoms with Crippen molar-refractivity contribution in [3.05, 3.63) is 66.2 Å². The molecule has 2 aromatic rings. The molecule has 0 amide bonds. The summed E-state index contributed by atoms with van der Waals surface area (Å²) >= 11 is 0. The molecule has 106 valence electrons. The lowest BCUT2D eigenvalue weighted by atomic mass is 10.1. The Morgan fingerprint density at radius 1 is 0.950 bits per heavy atom. The molecule has 0 aliphatic rings. The van der Waals surface area contributed by atoms with E-state index in [0.717, 1.165) is 5.56 Å². The predicted molar refractivity (Wildman–Crippen MR) is 77.6 cm³/mol. The third-order valence-corrected chi connectivity index (χ3v) is 4.42. The number of benzene rings is 2. The normalized spacial score (nSPS) is 13.1. The van der Waals surface area contributed by atoms with E-state index in [-0.39, 0.29) is 11.4 Å². The van der Waals surface area contributed by atoms with E-state index in [1.54, 1.807) is 18.2 Å². The van der Waals surface area contributed by atoms with E-state index >= 15 is 0 Å². The van der Waals surface area contributed by atoms with Crippen LogP contribution in [0.2, 0.25) is 0 Å². The highest BCUT2D eigenvalue weighted by Gasteiger charge is 2.14. The summed E-state index contributed by atoms with van der Waals surface area (Å²) in [5.41, 5.74) is 0.784. The number of aliphatic hydroxyl groups is 1. The molecule has 2 aromatic carbocycles. The fourth-order valence-electron chi connectivity index (χ4n) is 1.85. The largest absolute Gasteiger partial charge is 0.388 e. The van der Waals surface area contributed by atoms with E-state index in [1.807, 2.05) is 30.3 Å². The van der Waals surface area contributed by atoms with E-state index in [4.69, 9.17) is 0 Å². The van der Waals surface area contributed by atoms with Crippen LogP contribution in [0, 0.1) is 0 Å². The number of aliphatic hydroxyl groups excluding tert-OH is 1. The molecule has 2 N–H and O–H groups in total. The van der Waals surface area contributed by atoms with Crippen LogP contribution in [-0.2, 0) is 10.0 Å². The second-order valence-electron chi connectivity index (χ2n) is 4.43. The van der Waals surface area contributed by atoms with Gasteiger partial charge in [-0.25, -0.2) is 13.1 Å². The van der Waals surface area contributed by atoms with E-state index < -0.39 is 16.1 Å². The molecule has 20 heavy (non-hydrogen) atoms. The van der Waals surface area contributed by atoms with Crippen LogP contribution >= 0.6 is 0 Å². The van der Waals surface area contributed by atoms with Crippen LogP contribution < -0.4 is 4.72 Å². The SMILES string of the molecule is O=S(=O)(NCC[C@@H](O)c1ccccc1)c1ccccc1. The van der Waals surface area contributed by atoms with E-state index in [1.165, 1.54) is 12.1 Å². The molecule has 0 bridgehead atoms. The van der Waals surface area contributed by atoms with Gasteiger partial charge in [0.15, 0.2) is 0 Å². The number of hydrogen-bond acceptors (Lipinski definition) is 3. The summed E-state index contributed by atoms with van der Waals surface area (Å²) in [5, 5.41) is 9.95. The second-order valence-corrected chi connectivity index (χ2v) is 6.19. The Balaban J connectivity index is 1.90. The van der Waals surface area contributed by atoms with Gasteiger partial charge in [-0.05, 0) is 24.1 Å². The maximum absolute atomic E-state index is 12.0. The molecular formula is C15H17NO3S. The summed E-state index contributed by atoms with van der Waals surface area (Å²) in [6.45, 7) is 0.188. The molecule has 2 rings (SSSR count). The van der Waals surface area contributed by atoms with Gasteiger partial charge in [0.1, 0.15) is 0 Å². The molecule has 1 atom stereocenters. The standard InChI is InChI=1S/C15H17NO3S/c17-15(13-7-3-1-4-8-13)11-12-16-20(18,19)14-9-5-2-6-10-14/h1-10,15-17H,11-12H2/t15-/m1/s1. The Morgan fingerprint density at radius 2 is 1.50 bits per heavy atom. The monoisotopic (exact) mass is 291 g/mol. The lowest BCUT2D eigenvalue weighted by Crippen LogP contribution is -2.25. The van der Waals surface area contributed by atoms with Gasteiger partial charge in [0, 0.05) is 6.54 Å². The van der Waals surface area contributed by atoms with Crippen LogP contribution in [-0.4, -0.2) is 20.1 Å². The van der Waals surface area contributed by atoms with Crippen LogP contribution in [0.5, 0.6) is 0 Å². The van der Waals surface area contributed by atoms with E-state index in [9.17, 15) is 13.5 Å². The lowest BCUT2D eigenvalue weighted by Gasteiger charge is -2.11. The molecule has 5 heteroatoms. The van der Waals surface area contributed by atoms with Gasteiger partial charge in [-0.15, -0.1) is 0 Å². The predicted octanol–water partition coefficient (Wildman–Crippen LogP) is 2.09. The summed E-state index contributed by atoms with van der Waals surface area (Å²) in [6, 6.07) is 17.4. The van der Waals surface area contributed by atoms with Crippen LogP contribution in [0.4, 0.5) is 0 Å². The first kappa shape index (κ1) is 14.7. The van der Waals surface area contributed by atoms with Crippen molar-refractivity contribution in [3.63, 3.8) is 0 Å². The first-order valence-corrected chi connectivity index (χ1v) is 7.85. The Kier molecular flexibility index (Phi) is 4.89. The molecule has 0 heterocycles. The minimum Gasteiger partial charge on any atom is -0.388 e. The van der Waals surface area contributed by atoms with Gasteiger partial charge in [0.05, 0.1) is 11.0 Å². The van der Waals surface area contributed by atoms with Gasteiger partial charge in [0.2, 0.25) is 10.0 Å². The third kappa shape index (κ3) is 3.90. The van der Waals surface area contributed by atoms with Crippen LogP contribution in [0.15, 0.2) is 65.6 Å². The highest BCUT2D eigenvalue weighted by atomic mass is 32.2. The van der Waals surface area contributed by atoms with Crippen molar-refractivity contribution in [1.82, 2.24) is 4.72 Å². The third-order valence-electron chi connectivity index (χ3n) is 2.95. The van der Waals surface area contributed by atoms with Crippen molar-refractivity contribution in [2.75, 3.05) is 6.54 Å². The molecule has 0 radical (unpaired) electrons. The lowest BCUT2D eigenvalue weighted by molar-refractivity contribution is 0.169. The Bertz CT molecular complexity index is 627. The Morgan fingerprint density at radius 3 is 2.10 bits per heavy atom. The minimum absolute atomic E-state index is 0.188. The van der Waals surface area contributed by atoms with Crippen LogP contribution in [0.3, 0.4) is 0 Å². The topological polar surface area (TPSA) is 66.4 Å². The zero-order valence-corrected chi connectivity index (χ0v) is 11.8. The van der Waals surface area contributed by atoms with Crippen molar-refractivity contribution in [2.24, 2.45) is 0 Å². The van der Waals surface area contributed by atoms with Crippen molar-refractivity contribution in [2.45, 2.75) is 17.4 Å². The van der Waals surface area contributed by atoms with Crippen molar-refractivity contribution in [3.8, 4) is 0 Å². The summed E-state index contributed by atoms with van der Waals surface area (Å²) in [6.07, 6.45) is -0.342. The Hall–Kier alpha value is -1.69. The number of hydrogen-bond donors (Lipinski definition) is 2. The quantitative estimate of drug-likeness (QED) is 0.856. The minimum atomic E-state index is -3.50. The van der Waals surface area contributed by atoms with E-state index in [2.05, 4.69) is 4.72 Å². The smallest absolute Gasteiger partial charge is 0.240 e. The first-order valence-electron chi connectivity index (χ1n) is 6.37. The summed E-state index contributed by atoms with van der Waals surface area (Å²) < 4.78 is 26.4. The summed E-state index contributed by atoms with van der Waals surface area (Å²) in [5.74, 6) is 0. The fraction of sp³-hybridized carbons (Fsp3) is 0.200. The molecule has 0 aromatic heterocycles. The highest BCUT2D eigenvalue weighted by Crippen LogP contribution is 2.15. The molecular weight excluding hydrogens is 274 g/mol. The van der Waals surface area contributed by atoms with Crippen molar-refractivity contribution in [1.29, 1.82) is 0 Å². The second kappa shape index (κ2) is 6.65. The number of sulfonamides is 1. The van der Waals surface area contributed by atoms with Gasteiger partial charge in [0.25, 0.3) is 0 Å². The first-order chi connectivity index (χ1) is 9.59. The van der Waals surface area contributed by atoms with Crippen LogP contribution in [0.25, 0.3) is 0 Å². The van der Waals surface area contributed by atoms with Crippen molar-refractivity contribution >= 4 is 10.0 Å². The molecule has 0 aliphatic carbocycles. The molecule has 0 saturated heterocycles. The van der Waals surface area contributed by atoms with Gasteiger partial charge < -0.3 is 5.11 Å². The van der Waals surface area contributed by atoms with Gasteiger partial charge in [-0.1, -0.05) is 48.5 Å². The zero-order valence-electron chi connectivity index (χ0n) is 10.9. The van der Waals surface area contributed by atoms with Crippen LogP contribution in [0.1, 0.15) is 18.1 Å². The number of rotatable bonds is 6. The molecule has 4 nitrogen and oxygen atoms in total. The van der Waals surface area contributed by atoms with Gasteiger partial charge in [-0.3, -0.25) is 0 Å². The summed E-state index contributed by atoms with van der Waals surface area (Å²) in [7, 11) is -3.50. The average Bonchev–Trinajstić information content (AvgIpc) is 2.49. The molecule has 0 spiro atoms. The molecule has 0 unspecified atom stereocenters. The average molecular weight is 291 g/mol. The highest BCUT2D eigenvalue weighted by molar-refractivity contribution is 7.89. The summed E-state index contributed by atoms with van der Waals surface area (Å²) in [4.78, 5) is 0.231. The molecule has 0 fully saturated rings. The van der Waals surface area contributed by atoms with Gasteiger partial charge in [-0.2, -0.15) is 0 Å². The number of nitrogens with one attached hydrogen (secondary N) is 1. The maximum atomic E-state index is 12.0. The maximum Gasteiger partial charge on any atom is 0.240 e. The molecule has 0 saturated carbocycles. The fourth-order valence-corrected chi connectivity index (χ4v) is 2.92. The zero-order chi connectivity index (χ0) is 14.4. The van der Waals surface area contributed by atoms with Crippen molar-refractivity contribution < 1.29 is 13.5 Å². The van der Waals surface area contributed by atoms with E-state index in [0.29, 0.717) is 6.42 Å². The Labute approximate surface area is 119 Å². The van der Waals surface area contributed by atoms with Gasteiger partial charge >= 0.3 is 0 Å². The molecule has 0 aliphatic heterocycles.